The fourth-order valence-electron chi connectivity index (χ4n) is 1.06. The van der Waals surface area contributed by atoms with Crippen LogP contribution >= 0.6 is 0 Å². The minimum absolute atomic E-state index is 0.0480. The van der Waals surface area contributed by atoms with Gasteiger partial charge in [0.25, 0.3) is 0 Å². The Bertz CT molecular complexity index is 395. The van der Waals surface area contributed by atoms with Crippen LogP contribution in [-0.4, -0.2) is 23.7 Å². The van der Waals surface area contributed by atoms with Gasteiger partial charge in [0.05, 0.1) is 11.1 Å². The molecule has 0 aliphatic heterocycles. The summed E-state index contributed by atoms with van der Waals surface area (Å²) >= 11 is 0. The van der Waals surface area contributed by atoms with Gasteiger partial charge in [0, 0.05) is 0 Å². The molecule has 1 aromatic rings. The van der Waals surface area contributed by atoms with E-state index < -0.39 is 11.9 Å². The molecule has 0 amide bonds. The van der Waals surface area contributed by atoms with E-state index in [0.717, 1.165) is 0 Å². The second-order valence-electron chi connectivity index (χ2n) is 2.74. The maximum atomic E-state index is 11.4. The van der Waals surface area contributed by atoms with E-state index in [1.807, 2.05) is 0 Å². The normalized spacial score (nSPS) is 9.33. The molecule has 78 valence electrons. The van der Waals surface area contributed by atoms with Crippen LogP contribution in [0.1, 0.15) is 20.7 Å². The van der Waals surface area contributed by atoms with Crippen LogP contribution in [0.15, 0.2) is 36.9 Å². The molecule has 1 N–H and O–H groups in total. The third-order valence-corrected chi connectivity index (χ3v) is 1.71. The van der Waals surface area contributed by atoms with E-state index >= 15 is 0 Å². The molecule has 0 unspecified atom stereocenters. The van der Waals surface area contributed by atoms with Gasteiger partial charge in [-0.05, 0) is 12.1 Å². The van der Waals surface area contributed by atoms with Crippen molar-refractivity contribution in [1.29, 1.82) is 0 Å². The average molecular weight is 206 g/mol. The van der Waals surface area contributed by atoms with Gasteiger partial charge in [0.15, 0.2) is 0 Å². The molecule has 4 nitrogen and oxygen atoms in total. The van der Waals surface area contributed by atoms with Crippen molar-refractivity contribution in [2.45, 2.75) is 0 Å². The van der Waals surface area contributed by atoms with Gasteiger partial charge >= 0.3 is 11.9 Å². The minimum atomic E-state index is -1.15. The lowest BCUT2D eigenvalue weighted by molar-refractivity contribution is 0.0536. The SMILES string of the molecule is C=CCOC(=O)c1ccccc1C(=O)O. The molecule has 0 aliphatic carbocycles. The number of hydrogen-bond donors (Lipinski definition) is 1. The first-order chi connectivity index (χ1) is 7.16. The number of esters is 1. The molecule has 0 radical (unpaired) electrons. The monoisotopic (exact) mass is 206 g/mol. The number of carbonyl (C=O) groups excluding carboxylic acids is 1. The summed E-state index contributed by atoms with van der Waals surface area (Å²) in [5.41, 5.74) is -0.0154. The Kier molecular flexibility index (Phi) is 3.62. The van der Waals surface area contributed by atoms with Gasteiger partial charge in [0.1, 0.15) is 6.61 Å². The number of rotatable bonds is 4. The first-order valence-corrected chi connectivity index (χ1v) is 4.27. The summed E-state index contributed by atoms with van der Waals surface area (Å²) in [6.45, 7) is 3.45. The summed E-state index contributed by atoms with van der Waals surface area (Å²) in [6.07, 6.45) is 1.42. The van der Waals surface area contributed by atoms with E-state index in [0.29, 0.717) is 0 Å². The zero-order valence-electron chi connectivity index (χ0n) is 7.97. The second kappa shape index (κ2) is 4.95. The molecule has 0 bridgehead atoms. The van der Waals surface area contributed by atoms with Gasteiger partial charge in [-0.2, -0.15) is 0 Å². The first kappa shape index (κ1) is 11.0. The molecule has 1 rings (SSSR count). The Balaban J connectivity index is 2.97. The molecule has 0 fully saturated rings. The number of carboxylic acids is 1. The van der Waals surface area contributed by atoms with Crippen molar-refractivity contribution in [2.24, 2.45) is 0 Å². The maximum absolute atomic E-state index is 11.4. The van der Waals surface area contributed by atoms with Crippen molar-refractivity contribution in [3.63, 3.8) is 0 Å². The quantitative estimate of drug-likeness (QED) is 0.601. The van der Waals surface area contributed by atoms with Crippen LogP contribution in [0.4, 0.5) is 0 Å². The van der Waals surface area contributed by atoms with E-state index in [2.05, 4.69) is 6.58 Å². The van der Waals surface area contributed by atoms with Gasteiger partial charge in [-0.3, -0.25) is 0 Å². The lowest BCUT2D eigenvalue weighted by atomic mass is 10.1. The molecular weight excluding hydrogens is 196 g/mol. The summed E-state index contributed by atoms with van der Waals surface area (Å²) in [5, 5.41) is 8.81. The number of carboxylic acid groups (broad SMARTS) is 1. The topological polar surface area (TPSA) is 63.6 Å². The summed E-state index contributed by atoms with van der Waals surface area (Å²) in [5.74, 6) is -1.81. The van der Waals surface area contributed by atoms with Crippen molar-refractivity contribution in [3.8, 4) is 0 Å². The Hall–Kier alpha value is -2.10. The Labute approximate surface area is 86.8 Å². The van der Waals surface area contributed by atoms with Gasteiger partial charge in [-0.15, -0.1) is 0 Å². The average Bonchev–Trinajstić information content (AvgIpc) is 2.25. The zero-order chi connectivity index (χ0) is 11.3. The van der Waals surface area contributed by atoms with E-state index in [9.17, 15) is 9.59 Å². The van der Waals surface area contributed by atoms with E-state index in [1.54, 1.807) is 12.1 Å². The third kappa shape index (κ3) is 2.67. The van der Waals surface area contributed by atoms with Crippen LogP contribution in [0, 0.1) is 0 Å². The van der Waals surface area contributed by atoms with Crippen LogP contribution in [-0.2, 0) is 4.74 Å². The Morgan fingerprint density at radius 1 is 1.33 bits per heavy atom. The third-order valence-electron chi connectivity index (χ3n) is 1.71. The van der Waals surface area contributed by atoms with Crippen molar-refractivity contribution < 1.29 is 19.4 Å². The summed E-state index contributed by atoms with van der Waals surface area (Å²) < 4.78 is 4.75. The fraction of sp³-hybridized carbons (Fsp3) is 0.0909. The molecular formula is C11H10O4. The van der Waals surface area contributed by atoms with Gasteiger partial charge in [0.2, 0.25) is 0 Å². The van der Waals surface area contributed by atoms with Crippen LogP contribution in [0.3, 0.4) is 0 Å². The number of ether oxygens (including phenoxy) is 1. The van der Waals surface area contributed by atoms with Crippen LogP contribution in [0.2, 0.25) is 0 Å². The standard InChI is InChI=1S/C11H10O4/c1-2-7-15-11(14)9-6-4-3-5-8(9)10(12)13/h2-6H,1,7H2,(H,12,13). The number of aromatic carboxylic acids is 1. The zero-order valence-corrected chi connectivity index (χ0v) is 7.97. The van der Waals surface area contributed by atoms with Gasteiger partial charge in [-0.1, -0.05) is 24.8 Å². The molecule has 1 aromatic carbocycles. The van der Waals surface area contributed by atoms with Crippen molar-refractivity contribution >= 4 is 11.9 Å². The molecule has 0 saturated heterocycles. The smallest absolute Gasteiger partial charge is 0.339 e. The van der Waals surface area contributed by atoms with Crippen molar-refractivity contribution in [2.75, 3.05) is 6.61 Å². The fourth-order valence-corrected chi connectivity index (χ4v) is 1.06. The largest absolute Gasteiger partial charge is 0.478 e. The van der Waals surface area contributed by atoms with Gasteiger partial charge < -0.3 is 9.84 Å². The maximum Gasteiger partial charge on any atom is 0.339 e. The molecule has 0 atom stereocenters. The van der Waals surface area contributed by atoms with Gasteiger partial charge in [-0.25, -0.2) is 9.59 Å². The number of hydrogen-bond acceptors (Lipinski definition) is 3. The van der Waals surface area contributed by atoms with Crippen molar-refractivity contribution in [1.82, 2.24) is 0 Å². The van der Waals surface area contributed by atoms with Crippen LogP contribution < -0.4 is 0 Å². The summed E-state index contributed by atoms with van der Waals surface area (Å²) in [7, 11) is 0. The molecule has 0 heterocycles. The predicted molar refractivity (Wildman–Crippen MR) is 53.9 cm³/mol. The first-order valence-electron chi connectivity index (χ1n) is 4.27. The predicted octanol–water partition coefficient (Wildman–Crippen LogP) is 1.73. The highest BCUT2D eigenvalue weighted by Gasteiger charge is 2.16. The summed E-state index contributed by atoms with van der Waals surface area (Å²) in [4.78, 5) is 22.2. The van der Waals surface area contributed by atoms with E-state index in [4.69, 9.17) is 9.84 Å². The second-order valence-corrected chi connectivity index (χ2v) is 2.74. The van der Waals surface area contributed by atoms with E-state index in [1.165, 1.54) is 18.2 Å². The highest BCUT2D eigenvalue weighted by molar-refractivity contribution is 6.02. The molecule has 0 spiro atoms. The van der Waals surface area contributed by atoms with Crippen LogP contribution in [0.5, 0.6) is 0 Å². The Morgan fingerprint density at radius 2 is 1.93 bits per heavy atom. The number of benzene rings is 1. The van der Waals surface area contributed by atoms with Crippen molar-refractivity contribution in [3.05, 3.63) is 48.0 Å². The minimum Gasteiger partial charge on any atom is -0.478 e. The molecule has 0 saturated carbocycles. The highest BCUT2D eigenvalue weighted by atomic mass is 16.5. The van der Waals surface area contributed by atoms with Crippen LogP contribution in [0.25, 0.3) is 0 Å². The summed E-state index contributed by atoms with van der Waals surface area (Å²) in [6, 6.07) is 5.90. The molecule has 0 aromatic heterocycles. The van der Waals surface area contributed by atoms with E-state index in [-0.39, 0.29) is 17.7 Å². The molecule has 15 heavy (non-hydrogen) atoms. The Morgan fingerprint density at radius 3 is 2.47 bits per heavy atom. The molecule has 4 heteroatoms. The molecule has 0 aliphatic rings. The number of carbonyl (C=O) groups is 2. The highest BCUT2D eigenvalue weighted by Crippen LogP contribution is 2.10. The lowest BCUT2D eigenvalue weighted by Gasteiger charge is -2.04. The lowest BCUT2D eigenvalue weighted by Crippen LogP contribution is -2.11.